The first-order valence-electron chi connectivity index (χ1n) is 5.52. The van der Waals surface area contributed by atoms with Gasteiger partial charge in [0.25, 0.3) is 0 Å². The first-order chi connectivity index (χ1) is 7.20. The lowest BCUT2D eigenvalue weighted by molar-refractivity contribution is -0.111. The van der Waals surface area contributed by atoms with Crippen molar-refractivity contribution in [3.63, 3.8) is 0 Å². The molecule has 15 heavy (non-hydrogen) atoms. The molecule has 1 aliphatic heterocycles. The number of H-pyrrole nitrogens is 1. The average molecular weight is 209 g/mol. The number of rotatable bonds is 4. The van der Waals surface area contributed by atoms with E-state index in [1.807, 2.05) is 12.4 Å². The third-order valence-corrected chi connectivity index (χ3v) is 3.60. The molecular formula is C12H19NO2. The van der Waals surface area contributed by atoms with E-state index in [1.54, 1.807) is 0 Å². The van der Waals surface area contributed by atoms with Crippen molar-refractivity contribution in [1.82, 2.24) is 4.98 Å². The number of nitrogens with one attached hydrogen (secondary N) is 1. The van der Waals surface area contributed by atoms with Crippen LogP contribution in [0.5, 0.6) is 0 Å². The summed E-state index contributed by atoms with van der Waals surface area (Å²) in [6, 6.07) is 2.09. The normalized spacial score (nSPS) is 21.3. The summed E-state index contributed by atoms with van der Waals surface area (Å²) in [6.07, 6.45) is 3.96. The monoisotopic (exact) mass is 209 g/mol. The lowest BCUT2D eigenvalue weighted by atomic mass is 9.65. The van der Waals surface area contributed by atoms with Gasteiger partial charge >= 0.3 is 0 Å². The number of hydrogen-bond acceptors (Lipinski definition) is 2. The van der Waals surface area contributed by atoms with Crippen LogP contribution in [0.25, 0.3) is 0 Å². The molecule has 0 aromatic carbocycles. The molecule has 0 spiro atoms. The van der Waals surface area contributed by atoms with Crippen molar-refractivity contribution >= 4 is 0 Å². The molecule has 3 heteroatoms. The highest BCUT2D eigenvalue weighted by Gasteiger charge is 2.48. The Morgan fingerprint density at radius 3 is 2.60 bits per heavy atom. The standard InChI is InChI=1S/C12H19NO2/c1-9(2)11(6-14)12(7-15-8-12)10-3-4-13-5-10/h3-5,9,11,13-14H,6-8H2,1-2H3. The van der Waals surface area contributed by atoms with Gasteiger partial charge in [0, 0.05) is 24.4 Å². The predicted octanol–water partition coefficient (Wildman–Crippen LogP) is 1.55. The zero-order valence-corrected chi connectivity index (χ0v) is 9.36. The number of aromatic amines is 1. The summed E-state index contributed by atoms with van der Waals surface area (Å²) >= 11 is 0. The minimum Gasteiger partial charge on any atom is -0.396 e. The second kappa shape index (κ2) is 3.99. The van der Waals surface area contributed by atoms with E-state index in [2.05, 4.69) is 24.9 Å². The number of aliphatic hydroxyl groups excluding tert-OH is 1. The molecule has 2 rings (SSSR count). The highest BCUT2D eigenvalue weighted by Crippen LogP contribution is 2.42. The topological polar surface area (TPSA) is 45.2 Å². The molecule has 0 radical (unpaired) electrons. The molecule has 1 fully saturated rings. The van der Waals surface area contributed by atoms with Gasteiger partial charge < -0.3 is 14.8 Å². The molecule has 0 saturated carbocycles. The van der Waals surface area contributed by atoms with Gasteiger partial charge in [-0.3, -0.25) is 0 Å². The van der Waals surface area contributed by atoms with Crippen LogP contribution in [0, 0.1) is 11.8 Å². The number of aromatic nitrogens is 1. The van der Waals surface area contributed by atoms with Crippen LogP contribution < -0.4 is 0 Å². The Kier molecular flexibility index (Phi) is 2.85. The summed E-state index contributed by atoms with van der Waals surface area (Å²) in [4.78, 5) is 3.08. The smallest absolute Gasteiger partial charge is 0.0589 e. The van der Waals surface area contributed by atoms with Gasteiger partial charge in [0.15, 0.2) is 0 Å². The summed E-state index contributed by atoms with van der Waals surface area (Å²) in [5.41, 5.74) is 1.30. The van der Waals surface area contributed by atoms with E-state index in [4.69, 9.17) is 4.74 Å². The van der Waals surface area contributed by atoms with E-state index in [0.29, 0.717) is 5.92 Å². The molecule has 1 atom stereocenters. The van der Waals surface area contributed by atoms with Crippen molar-refractivity contribution in [2.45, 2.75) is 19.3 Å². The van der Waals surface area contributed by atoms with Gasteiger partial charge in [-0.25, -0.2) is 0 Å². The van der Waals surface area contributed by atoms with E-state index in [-0.39, 0.29) is 17.9 Å². The van der Waals surface area contributed by atoms with Crippen molar-refractivity contribution in [3.8, 4) is 0 Å². The summed E-state index contributed by atoms with van der Waals surface area (Å²) in [5, 5.41) is 9.53. The highest BCUT2D eigenvalue weighted by molar-refractivity contribution is 5.27. The molecule has 2 heterocycles. The Morgan fingerprint density at radius 2 is 2.27 bits per heavy atom. The Balaban J connectivity index is 2.28. The van der Waals surface area contributed by atoms with E-state index in [9.17, 15) is 5.11 Å². The Morgan fingerprint density at radius 1 is 1.53 bits per heavy atom. The van der Waals surface area contributed by atoms with Crippen LogP contribution in [0.3, 0.4) is 0 Å². The fraction of sp³-hybridized carbons (Fsp3) is 0.667. The van der Waals surface area contributed by atoms with Gasteiger partial charge in [-0.2, -0.15) is 0 Å². The van der Waals surface area contributed by atoms with E-state index < -0.39 is 0 Å². The predicted molar refractivity (Wildman–Crippen MR) is 58.7 cm³/mol. The average Bonchev–Trinajstić information content (AvgIpc) is 2.62. The van der Waals surface area contributed by atoms with Gasteiger partial charge in [-0.1, -0.05) is 13.8 Å². The van der Waals surface area contributed by atoms with Gasteiger partial charge in [0.2, 0.25) is 0 Å². The second-order valence-electron chi connectivity index (χ2n) is 4.78. The maximum absolute atomic E-state index is 9.53. The van der Waals surface area contributed by atoms with Crippen molar-refractivity contribution < 1.29 is 9.84 Å². The summed E-state index contributed by atoms with van der Waals surface area (Å²) in [7, 11) is 0. The van der Waals surface area contributed by atoms with Crippen LogP contribution in [-0.4, -0.2) is 29.9 Å². The lowest BCUT2D eigenvalue weighted by Gasteiger charge is -2.48. The Bertz CT molecular complexity index is 301. The number of ether oxygens (including phenoxy) is 1. The molecule has 0 bridgehead atoms. The van der Waals surface area contributed by atoms with Gasteiger partial charge in [0.1, 0.15) is 0 Å². The first-order valence-corrected chi connectivity index (χ1v) is 5.52. The largest absolute Gasteiger partial charge is 0.396 e. The maximum Gasteiger partial charge on any atom is 0.0589 e. The molecule has 3 nitrogen and oxygen atoms in total. The zero-order valence-electron chi connectivity index (χ0n) is 9.36. The minimum absolute atomic E-state index is 0.0307. The molecule has 1 saturated heterocycles. The Labute approximate surface area is 90.5 Å². The van der Waals surface area contributed by atoms with E-state index >= 15 is 0 Å². The molecule has 84 valence electrons. The summed E-state index contributed by atoms with van der Waals surface area (Å²) in [6.45, 7) is 6.01. The minimum atomic E-state index is 0.0307. The number of aliphatic hydroxyl groups is 1. The van der Waals surface area contributed by atoms with Gasteiger partial charge in [-0.15, -0.1) is 0 Å². The maximum atomic E-state index is 9.53. The van der Waals surface area contributed by atoms with Crippen molar-refractivity contribution in [2.24, 2.45) is 11.8 Å². The zero-order chi connectivity index (χ0) is 10.9. The number of hydrogen-bond donors (Lipinski definition) is 2. The quantitative estimate of drug-likeness (QED) is 0.790. The molecule has 0 amide bonds. The third-order valence-electron chi connectivity index (χ3n) is 3.60. The van der Waals surface area contributed by atoms with Crippen molar-refractivity contribution in [3.05, 3.63) is 24.0 Å². The van der Waals surface area contributed by atoms with Crippen LogP contribution >= 0.6 is 0 Å². The Hall–Kier alpha value is -0.800. The SMILES string of the molecule is CC(C)C(CO)C1(c2cc[nH]c2)COC1. The second-order valence-corrected chi connectivity index (χ2v) is 4.78. The van der Waals surface area contributed by atoms with Crippen LogP contribution in [-0.2, 0) is 10.2 Å². The lowest BCUT2D eigenvalue weighted by Crippen LogP contribution is -2.54. The third kappa shape index (κ3) is 1.60. The van der Waals surface area contributed by atoms with E-state index in [1.165, 1.54) is 5.56 Å². The summed E-state index contributed by atoms with van der Waals surface area (Å²) < 4.78 is 5.37. The van der Waals surface area contributed by atoms with Crippen LogP contribution in [0.4, 0.5) is 0 Å². The molecule has 0 aliphatic carbocycles. The summed E-state index contributed by atoms with van der Waals surface area (Å²) in [5.74, 6) is 0.746. The van der Waals surface area contributed by atoms with Crippen molar-refractivity contribution in [2.75, 3.05) is 19.8 Å². The van der Waals surface area contributed by atoms with Crippen LogP contribution in [0.1, 0.15) is 19.4 Å². The molecule has 1 aliphatic rings. The molecule has 1 unspecified atom stereocenters. The highest BCUT2D eigenvalue weighted by atomic mass is 16.5. The van der Waals surface area contributed by atoms with Crippen LogP contribution in [0.2, 0.25) is 0 Å². The molecule has 1 aromatic heterocycles. The van der Waals surface area contributed by atoms with Gasteiger partial charge in [-0.05, 0) is 23.5 Å². The fourth-order valence-corrected chi connectivity index (χ4v) is 2.57. The van der Waals surface area contributed by atoms with Crippen molar-refractivity contribution in [1.29, 1.82) is 0 Å². The molecule has 1 aromatic rings. The first kappa shape index (κ1) is 10.7. The van der Waals surface area contributed by atoms with Gasteiger partial charge in [0.05, 0.1) is 13.2 Å². The molecular weight excluding hydrogens is 190 g/mol. The van der Waals surface area contributed by atoms with E-state index in [0.717, 1.165) is 13.2 Å². The molecule has 2 N–H and O–H groups in total. The van der Waals surface area contributed by atoms with Crippen LogP contribution in [0.15, 0.2) is 18.5 Å². The fourth-order valence-electron chi connectivity index (χ4n) is 2.57.